The van der Waals surface area contributed by atoms with E-state index in [0.717, 1.165) is 35.2 Å². The van der Waals surface area contributed by atoms with E-state index in [1.165, 1.54) is 19.1 Å². The fraction of sp³-hybridized carbons (Fsp3) is 0.333. The van der Waals surface area contributed by atoms with E-state index in [9.17, 15) is 22.4 Å². The third-order valence-corrected chi connectivity index (χ3v) is 6.63. The first kappa shape index (κ1) is 22.2. The highest BCUT2D eigenvalue weighted by atomic mass is 32.2. The zero-order chi connectivity index (χ0) is 20.7. The number of amides is 1. The van der Waals surface area contributed by atoms with Crippen LogP contribution in [0.15, 0.2) is 33.5 Å². The van der Waals surface area contributed by atoms with Crippen LogP contribution < -0.4 is 10.0 Å². The number of nitrogens with one attached hydrogen (secondary N) is 2. The van der Waals surface area contributed by atoms with E-state index in [4.69, 9.17) is 4.74 Å². The Labute approximate surface area is 169 Å². The van der Waals surface area contributed by atoms with Gasteiger partial charge in [-0.25, -0.2) is 12.8 Å². The Morgan fingerprint density at radius 1 is 1.32 bits per heavy atom. The van der Waals surface area contributed by atoms with Gasteiger partial charge in [0.1, 0.15) is 10.7 Å². The molecule has 2 N–H and O–H groups in total. The number of hydrogen-bond acceptors (Lipinski definition) is 9. The SMILES string of the molecule is CCOC(=O)CSc1nnc(NC(=O)[C@H](C)NS(=O)(=O)c2ccccc2F)s1. The quantitative estimate of drug-likeness (QED) is 0.337. The van der Waals surface area contributed by atoms with Crippen molar-refractivity contribution in [3.63, 3.8) is 0 Å². The molecule has 0 bridgehead atoms. The van der Waals surface area contributed by atoms with Crippen LogP contribution in [0.3, 0.4) is 0 Å². The van der Waals surface area contributed by atoms with Gasteiger partial charge in [0.15, 0.2) is 4.34 Å². The maximum absolute atomic E-state index is 13.7. The number of sulfonamides is 1. The van der Waals surface area contributed by atoms with Crippen LogP contribution in [0, 0.1) is 5.82 Å². The molecule has 2 rings (SSSR count). The minimum atomic E-state index is -4.22. The molecule has 1 aromatic heterocycles. The highest BCUT2D eigenvalue weighted by Gasteiger charge is 2.25. The molecule has 0 radical (unpaired) electrons. The lowest BCUT2D eigenvalue weighted by Crippen LogP contribution is -2.41. The Kier molecular flexibility index (Phi) is 7.86. The number of aromatic nitrogens is 2. The minimum Gasteiger partial charge on any atom is -0.465 e. The predicted molar refractivity (Wildman–Crippen MR) is 102 cm³/mol. The Hall–Kier alpha value is -2.09. The van der Waals surface area contributed by atoms with Gasteiger partial charge in [0.25, 0.3) is 0 Å². The molecule has 0 aliphatic heterocycles. The Balaban J connectivity index is 1.94. The van der Waals surface area contributed by atoms with Crippen molar-refractivity contribution in [1.29, 1.82) is 0 Å². The van der Waals surface area contributed by atoms with E-state index in [0.29, 0.717) is 4.34 Å². The largest absolute Gasteiger partial charge is 0.465 e. The van der Waals surface area contributed by atoms with E-state index in [2.05, 4.69) is 20.2 Å². The van der Waals surface area contributed by atoms with Crippen molar-refractivity contribution in [1.82, 2.24) is 14.9 Å². The van der Waals surface area contributed by atoms with Crippen LogP contribution in [-0.4, -0.2) is 48.9 Å². The number of carbonyl (C=O) groups excluding carboxylic acids is 2. The number of halogens is 1. The number of rotatable bonds is 9. The molecule has 0 aliphatic carbocycles. The van der Waals surface area contributed by atoms with Crippen LogP contribution in [0.5, 0.6) is 0 Å². The van der Waals surface area contributed by atoms with Crippen molar-refractivity contribution in [2.45, 2.75) is 29.1 Å². The third-order valence-electron chi connectivity index (χ3n) is 3.11. The topological polar surface area (TPSA) is 127 Å². The molecule has 28 heavy (non-hydrogen) atoms. The average molecular weight is 449 g/mol. The number of hydrogen-bond donors (Lipinski definition) is 2. The Morgan fingerprint density at radius 2 is 2.04 bits per heavy atom. The standard InChI is InChI=1S/C15H17FN4O5S3/c1-3-25-12(21)8-26-15-19-18-14(27-15)17-13(22)9(2)20-28(23,24)11-7-5-4-6-10(11)16/h4-7,9,20H,3,8H2,1-2H3,(H,17,18,22)/t9-/m0/s1. The molecule has 1 atom stereocenters. The summed E-state index contributed by atoms with van der Waals surface area (Å²) in [5.41, 5.74) is 0. The second-order valence-electron chi connectivity index (χ2n) is 5.23. The van der Waals surface area contributed by atoms with Gasteiger partial charge in [0.2, 0.25) is 21.1 Å². The minimum absolute atomic E-state index is 0.0509. The van der Waals surface area contributed by atoms with Gasteiger partial charge in [0.05, 0.1) is 18.4 Å². The molecule has 152 valence electrons. The van der Waals surface area contributed by atoms with Crippen molar-refractivity contribution in [3.8, 4) is 0 Å². The third kappa shape index (κ3) is 6.22. The zero-order valence-electron chi connectivity index (χ0n) is 14.8. The van der Waals surface area contributed by atoms with Crippen LogP contribution >= 0.6 is 23.1 Å². The molecule has 0 aliphatic rings. The molecular weight excluding hydrogens is 431 g/mol. The lowest BCUT2D eigenvalue weighted by atomic mass is 10.3. The van der Waals surface area contributed by atoms with Crippen LogP contribution in [0.2, 0.25) is 0 Å². The summed E-state index contributed by atoms with van der Waals surface area (Å²) in [6, 6.07) is 3.65. The first-order valence-electron chi connectivity index (χ1n) is 7.92. The number of benzene rings is 1. The van der Waals surface area contributed by atoms with Gasteiger partial charge in [-0.1, -0.05) is 35.2 Å². The predicted octanol–water partition coefficient (Wildman–Crippen LogP) is 1.64. The van der Waals surface area contributed by atoms with E-state index in [-0.39, 0.29) is 17.5 Å². The van der Waals surface area contributed by atoms with Gasteiger partial charge in [0, 0.05) is 0 Å². The summed E-state index contributed by atoms with van der Waals surface area (Å²) in [6.45, 7) is 3.28. The van der Waals surface area contributed by atoms with Gasteiger partial charge in [-0.15, -0.1) is 10.2 Å². The number of ether oxygens (including phenoxy) is 1. The number of anilines is 1. The summed E-state index contributed by atoms with van der Waals surface area (Å²) in [5.74, 6) is -1.97. The fourth-order valence-corrected chi connectivity index (χ4v) is 4.70. The summed E-state index contributed by atoms with van der Waals surface area (Å²) >= 11 is 2.12. The number of nitrogens with zero attached hydrogens (tertiary/aromatic N) is 2. The highest BCUT2D eigenvalue weighted by molar-refractivity contribution is 8.01. The van der Waals surface area contributed by atoms with Crippen molar-refractivity contribution in [2.24, 2.45) is 0 Å². The van der Waals surface area contributed by atoms with E-state index >= 15 is 0 Å². The van der Waals surface area contributed by atoms with Gasteiger partial charge < -0.3 is 4.74 Å². The molecule has 1 amide bonds. The van der Waals surface area contributed by atoms with Crippen molar-refractivity contribution in [3.05, 3.63) is 30.1 Å². The molecule has 0 fully saturated rings. The smallest absolute Gasteiger partial charge is 0.316 e. The van der Waals surface area contributed by atoms with Crippen molar-refractivity contribution < 1.29 is 27.1 Å². The van der Waals surface area contributed by atoms with Gasteiger partial charge >= 0.3 is 5.97 Å². The molecular formula is C15H17FN4O5S3. The van der Waals surface area contributed by atoms with Crippen LogP contribution in [0.1, 0.15) is 13.8 Å². The first-order valence-corrected chi connectivity index (χ1v) is 11.2. The van der Waals surface area contributed by atoms with Crippen LogP contribution in [-0.2, 0) is 24.3 Å². The monoisotopic (exact) mass is 448 g/mol. The second kappa shape index (κ2) is 9.91. The van der Waals surface area contributed by atoms with E-state index in [1.807, 2.05) is 0 Å². The molecule has 1 aromatic carbocycles. The Morgan fingerprint density at radius 3 is 2.71 bits per heavy atom. The van der Waals surface area contributed by atoms with Gasteiger partial charge in [-0.2, -0.15) is 4.72 Å². The molecule has 13 heteroatoms. The van der Waals surface area contributed by atoms with Crippen LogP contribution in [0.25, 0.3) is 0 Å². The highest BCUT2D eigenvalue weighted by Crippen LogP contribution is 2.25. The Bertz CT molecular complexity index is 951. The molecule has 0 saturated heterocycles. The summed E-state index contributed by atoms with van der Waals surface area (Å²) < 4.78 is 45.5. The molecule has 1 heterocycles. The summed E-state index contributed by atoms with van der Waals surface area (Å²) in [5, 5.41) is 10.1. The fourth-order valence-electron chi connectivity index (χ4n) is 1.87. The summed E-state index contributed by atoms with van der Waals surface area (Å²) in [7, 11) is -4.22. The van der Waals surface area contributed by atoms with Gasteiger partial charge in [-0.3, -0.25) is 14.9 Å². The maximum Gasteiger partial charge on any atom is 0.316 e. The number of esters is 1. The average Bonchev–Trinajstić information content (AvgIpc) is 3.07. The van der Waals surface area contributed by atoms with Crippen LogP contribution in [0.4, 0.5) is 9.52 Å². The lowest BCUT2D eigenvalue weighted by molar-refractivity contribution is -0.139. The van der Waals surface area contributed by atoms with Crippen molar-refractivity contribution >= 4 is 50.1 Å². The summed E-state index contributed by atoms with van der Waals surface area (Å²) in [4.78, 5) is 23.0. The normalized spacial score (nSPS) is 12.4. The van der Waals surface area contributed by atoms with Crippen molar-refractivity contribution in [2.75, 3.05) is 17.7 Å². The van der Waals surface area contributed by atoms with E-state index in [1.54, 1.807) is 6.92 Å². The van der Waals surface area contributed by atoms with E-state index < -0.39 is 38.7 Å². The van der Waals surface area contributed by atoms with Gasteiger partial charge in [-0.05, 0) is 26.0 Å². The molecule has 0 unspecified atom stereocenters. The summed E-state index contributed by atoms with van der Waals surface area (Å²) in [6.07, 6.45) is 0. The number of thioether (sulfide) groups is 1. The zero-order valence-corrected chi connectivity index (χ0v) is 17.3. The number of carbonyl (C=O) groups is 2. The molecule has 0 spiro atoms. The first-order chi connectivity index (χ1) is 13.2. The lowest BCUT2D eigenvalue weighted by Gasteiger charge is -2.13. The second-order valence-corrected chi connectivity index (χ2v) is 9.11. The molecule has 9 nitrogen and oxygen atoms in total. The molecule has 2 aromatic rings. The molecule has 0 saturated carbocycles. The maximum atomic E-state index is 13.7.